The predicted molar refractivity (Wildman–Crippen MR) is 90.2 cm³/mol. The zero-order valence-electron chi connectivity index (χ0n) is 12.9. The maximum atomic E-state index is 11.7. The summed E-state index contributed by atoms with van der Waals surface area (Å²) in [6.45, 7) is -0.259. The van der Waals surface area contributed by atoms with Crippen LogP contribution in [0.15, 0.2) is 35.7 Å². The maximum absolute atomic E-state index is 11.7. The molecule has 1 aliphatic heterocycles. The van der Waals surface area contributed by atoms with Gasteiger partial charge in [-0.05, 0) is 35.2 Å². The van der Waals surface area contributed by atoms with Crippen molar-refractivity contribution < 1.29 is 23.8 Å². The molecular formula is C17H12N2O5S. The summed E-state index contributed by atoms with van der Waals surface area (Å²) in [7, 11) is 0. The van der Waals surface area contributed by atoms with E-state index >= 15 is 0 Å². The van der Waals surface area contributed by atoms with Crippen LogP contribution in [0.25, 0.3) is 6.08 Å². The second-order valence-corrected chi connectivity index (χ2v) is 5.79. The Labute approximate surface area is 147 Å². The van der Waals surface area contributed by atoms with E-state index in [0.29, 0.717) is 22.1 Å². The number of fused-ring (bicyclic) bond motifs is 1. The molecule has 126 valence electrons. The number of carbonyl (C=O) groups excluding carboxylic acids is 2. The van der Waals surface area contributed by atoms with Gasteiger partial charge in [-0.3, -0.25) is 4.79 Å². The molecule has 25 heavy (non-hydrogen) atoms. The van der Waals surface area contributed by atoms with Crippen LogP contribution in [-0.4, -0.2) is 25.3 Å². The van der Waals surface area contributed by atoms with Crippen molar-refractivity contribution in [2.45, 2.75) is 0 Å². The van der Waals surface area contributed by atoms with E-state index < -0.39 is 18.5 Å². The lowest BCUT2D eigenvalue weighted by molar-refractivity contribution is -0.142. The third kappa shape index (κ3) is 4.16. The van der Waals surface area contributed by atoms with Gasteiger partial charge in [-0.2, -0.15) is 5.26 Å². The number of thiophene rings is 1. The molecule has 1 amide bonds. The molecule has 1 aliphatic rings. The average molecular weight is 356 g/mol. The number of rotatable bonds is 5. The van der Waals surface area contributed by atoms with Crippen LogP contribution < -0.4 is 14.8 Å². The molecule has 0 radical (unpaired) electrons. The summed E-state index contributed by atoms with van der Waals surface area (Å²) in [4.78, 5) is 23.4. The van der Waals surface area contributed by atoms with E-state index in [1.54, 1.807) is 35.7 Å². The van der Waals surface area contributed by atoms with E-state index in [9.17, 15) is 9.59 Å². The van der Waals surface area contributed by atoms with Gasteiger partial charge in [-0.15, -0.1) is 11.3 Å². The Morgan fingerprint density at radius 2 is 2.16 bits per heavy atom. The summed E-state index contributed by atoms with van der Waals surface area (Å²) in [5, 5.41) is 13.5. The fourth-order valence-corrected chi connectivity index (χ4v) is 2.78. The minimum Gasteiger partial charge on any atom is -0.454 e. The van der Waals surface area contributed by atoms with E-state index in [0.717, 1.165) is 5.56 Å². The normalized spacial score (nSPS) is 12.0. The SMILES string of the molecule is N#Cc1ccsc1NC(=O)COC(=O)C=Cc1ccc2c(c1)OCO2. The highest BCUT2D eigenvalue weighted by atomic mass is 32.1. The number of carbonyl (C=O) groups is 2. The first kappa shape index (κ1) is 16.5. The molecule has 8 heteroatoms. The number of benzene rings is 1. The smallest absolute Gasteiger partial charge is 0.331 e. The first-order valence-electron chi connectivity index (χ1n) is 7.17. The Kier molecular flexibility index (Phi) is 4.97. The van der Waals surface area contributed by atoms with Crippen LogP contribution in [0, 0.1) is 11.3 Å². The standard InChI is InChI=1S/C17H12N2O5S/c18-8-12-5-6-25-17(12)19-15(20)9-22-16(21)4-2-11-1-3-13-14(7-11)24-10-23-13/h1-7H,9-10H2,(H,19,20). The largest absolute Gasteiger partial charge is 0.454 e. The third-order valence-electron chi connectivity index (χ3n) is 3.19. The van der Waals surface area contributed by atoms with Gasteiger partial charge in [0.25, 0.3) is 5.91 Å². The quantitative estimate of drug-likeness (QED) is 0.653. The van der Waals surface area contributed by atoms with Crippen molar-refractivity contribution in [2.75, 3.05) is 18.7 Å². The number of nitriles is 1. The Morgan fingerprint density at radius 1 is 1.32 bits per heavy atom. The van der Waals surface area contributed by atoms with Crippen molar-refractivity contribution in [1.82, 2.24) is 0 Å². The molecular weight excluding hydrogens is 344 g/mol. The molecule has 2 heterocycles. The van der Waals surface area contributed by atoms with Crippen LogP contribution in [-0.2, 0) is 14.3 Å². The number of hydrogen-bond donors (Lipinski definition) is 1. The minimum atomic E-state index is -0.653. The van der Waals surface area contributed by atoms with Gasteiger partial charge >= 0.3 is 5.97 Å². The van der Waals surface area contributed by atoms with Gasteiger partial charge in [0.1, 0.15) is 11.1 Å². The molecule has 0 bridgehead atoms. The van der Waals surface area contributed by atoms with Crippen molar-refractivity contribution in [2.24, 2.45) is 0 Å². The number of nitrogens with zero attached hydrogens (tertiary/aromatic N) is 1. The van der Waals surface area contributed by atoms with Crippen molar-refractivity contribution in [1.29, 1.82) is 5.26 Å². The Bertz CT molecular complexity index is 881. The summed E-state index contributed by atoms with van der Waals surface area (Å²) >= 11 is 1.22. The van der Waals surface area contributed by atoms with Crippen LogP contribution in [0.4, 0.5) is 5.00 Å². The van der Waals surface area contributed by atoms with Crippen molar-refractivity contribution in [3.63, 3.8) is 0 Å². The number of nitrogens with one attached hydrogen (secondary N) is 1. The van der Waals surface area contributed by atoms with E-state index in [2.05, 4.69) is 5.32 Å². The molecule has 0 unspecified atom stereocenters. The fraction of sp³-hybridized carbons (Fsp3) is 0.118. The third-order valence-corrected chi connectivity index (χ3v) is 4.02. The highest BCUT2D eigenvalue weighted by Gasteiger charge is 2.13. The number of hydrogen-bond acceptors (Lipinski definition) is 7. The van der Waals surface area contributed by atoms with E-state index in [1.807, 2.05) is 6.07 Å². The predicted octanol–water partition coefficient (Wildman–Crippen LogP) is 2.54. The molecule has 1 aromatic heterocycles. The van der Waals surface area contributed by atoms with Gasteiger partial charge in [-0.25, -0.2) is 4.79 Å². The molecule has 0 spiro atoms. The molecule has 0 aliphatic carbocycles. The van der Waals surface area contributed by atoms with Gasteiger partial charge in [-0.1, -0.05) is 6.07 Å². The molecule has 1 aromatic carbocycles. The van der Waals surface area contributed by atoms with Gasteiger partial charge < -0.3 is 19.5 Å². The Morgan fingerprint density at radius 3 is 3.00 bits per heavy atom. The highest BCUT2D eigenvalue weighted by Crippen LogP contribution is 2.32. The molecule has 1 N–H and O–H groups in total. The van der Waals surface area contributed by atoms with Crippen LogP contribution in [0.2, 0.25) is 0 Å². The first-order chi connectivity index (χ1) is 12.2. The first-order valence-corrected chi connectivity index (χ1v) is 8.05. The number of ether oxygens (including phenoxy) is 3. The van der Waals surface area contributed by atoms with E-state index in [1.165, 1.54) is 17.4 Å². The summed E-state index contributed by atoms with van der Waals surface area (Å²) in [5.41, 5.74) is 1.11. The zero-order chi connectivity index (χ0) is 17.6. The van der Waals surface area contributed by atoms with Crippen LogP contribution in [0.5, 0.6) is 11.5 Å². The molecule has 0 atom stereocenters. The fourth-order valence-electron chi connectivity index (χ4n) is 2.02. The zero-order valence-corrected chi connectivity index (χ0v) is 13.7. The summed E-state index contributed by atoms with van der Waals surface area (Å²) in [6.07, 6.45) is 2.77. The molecule has 2 aromatic rings. The maximum Gasteiger partial charge on any atom is 0.331 e. The van der Waals surface area contributed by atoms with E-state index in [-0.39, 0.29) is 6.79 Å². The summed E-state index contributed by atoms with van der Waals surface area (Å²) < 4.78 is 15.3. The van der Waals surface area contributed by atoms with Crippen molar-refractivity contribution in [3.8, 4) is 17.6 Å². The second kappa shape index (κ2) is 7.51. The molecule has 0 saturated heterocycles. The summed E-state index contributed by atoms with van der Waals surface area (Å²) in [6, 6.07) is 8.81. The number of esters is 1. The van der Waals surface area contributed by atoms with Gasteiger partial charge in [0.2, 0.25) is 6.79 Å². The lowest BCUT2D eigenvalue weighted by atomic mass is 10.2. The molecule has 7 nitrogen and oxygen atoms in total. The van der Waals surface area contributed by atoms with Crippen LogP contribution in [0.1, 0.15) is 11.1 Å². The van der Waals surface area contributed by atoms with Gasteiger partial charge in [0, 0.05) is 6.08 Å². The minimum absolute atomic E-state index is 0.178. The number of amides is 1. The van der Waals surface area contributed by atoms with Crippen molar-refractivity contribution in [3.05, 3.63) is 46.8 Å². The van der Waals surface area contributed by atoms with Crippen LogP contribution in [0.3, 0.4) is 0 Å². The van der Waals surface area contributed by atoms with Gasteiger partial charge in [0.15, 0.2) is 18.1 Å². The molecule has 3 rings (SSSR count). The Balaban J connectivity index is 1.49. The second-order valence-electron chi connectivity index (χ2n) is 4.88. The highest BCUT2D eigenvalue weighted by molar-refractivity contribution is 7.14. The van der Waals surface area contributed by atoms with Crippen LogP contribution >= 0.6 is 11.3 Å². The lowest BCUT2D eigenvalue weighted by Gasteiger charge is -2.03. The van der Waals surface area contributed by atoms with Crippen molar-refractivity contribution >= 4 is 34.3 Å². The molecule has 0 fully saturated rings. The Hall–Kier alpha value is -3.31. The topological polar surface area (TPSA) is 97.7 Å². The monoisotopic (exact) mass is 356 g/mol. The van der Waals surface area contributed by atoms with Gasteiger partial charge in [0.05, 0.1) is 5.56 Å². The molecule has 0 saturated carbocycles. The average Bonchev–Trinajstić information content (AvgIpc) is 3.26. The summed E-state index contributed by atoms with van der Waals surface area (Å²) in [5.74, 6) is 0.101. The van der Waals surface area contributed by atoms with E-state index in [4.69, 9.17) is 19.5 Å². The lowest BCUT2D eigenvalue weighted by Crippen LogP contribution is -2.19. The number of anilines is 1.